The minimum absolute atomic E-state index is 0.0573. The van der Waals surface area contributed by atoms with Crippen LogP contribution in [0.2, 0.25) is 0 Å². The van der Waals surface area contributed by atoms with Gasteiger partial charge in [0.1, 0.15) is 6.04 Å². The minimum Gasteiger partial charge on any atom is -0.480 e. The number of amides is 7. The van der Waals surface area contributed by atoms with Crippen LogP contribution in [0.25, 0.3) is 0 Å². The highest BCUT2D eigenvalue weighted by molar-refractivity contribution is 5.92. The maximum atomic E-state index is 12.8. The van der Waals surface area contributed by atoms with Crippen LogP contribution in [0.4, 0.5) is 0 Å². The SMILES string of the molecule is CNCC(=O)N(C)CC(=O)N(C)CC(=O)N(C)CC(=O)N(C)CC(=O)N(C)CC(=O)N(C)CC(=O)N(C)C(Cc1ccccc1)C(=O)O. The first-order valence-corrected chi connectivity index (χ1v) is 15.0. The second-order valence-corrected chi connectivity index (χ2v) is 11.6. The molecule has 17 nitrogen and oxygen atoms in total. The van der Waals surface area contributed by atoms with E-state index in [-0.39, 0.29) is 38.5 Å². The van der Waals surface area contributed by atoms with Crippen LogP contribution < -0.4 is 5.32 Å². The van der Waals surface area contributed by atoms with Crippen molar-refractivity contribution in [2.75, 3.05) is 102 Å². The van der Waals surface area contributed by atoms with Gasteiger partial charge < -0.3 is 44.7 Å². The van der Waals surface area contributed by atoms with Crippen molar-refractivity contribution in [3.05, 3.63) is 35.9 Å². The van der Waals surface area contributed by atoms with E-state index in [9.17, 15) is 43.5 Å². The molecule has 0 aromatic heterocycles. The molecule has 0 aliphatic carbocycles. The zero-order valence-electron chi connectivity index (χ0n) is 29.0. The monoisotopic (exact) mass is 676 g/mol. The average molecular weight is 677 g/mol. The average Bonchev–Trinajstić information content (AvgIpc) is 3.03. The van der Waals surface area contributed by atoms with Crippen LogP contribution in [0, 0.1) is 0 Å². The van der Waals surface area contributed by atoms with E-state index < -0.39 is 67.1 Å². The number of hydrogen-bond acceptors (Lipinski definition) is 9. The molecule has 1 rings (SSSR count). The molecule has 17 heteroatoms. The van der Waals surface area contributed by atoms with Crippen LogP contribution in [0.15, 0.2) is 30.3 Å². The van der Waals surface area contributed by atoms with E-state index in [1.54, 1.807) is 37.4 Å². The van der Waals surface area contributed by atoms with Gasteiger partial charge in [-0.2, -0.15) is 0 Å². The van der Waals surface area contributed by atoms with E-state index in [4.69, 9.17) is 0 Å². The molecule has 7 amide bonds. The highest BCUT2D eigenvalue weighted by atomic mass is 16.4. The smallest absolute Gasteiger partial charge is 0.326 e. The fourth-order valence-corrected chi connectivity index (χ4v) is 4.15. The molecule has 0 fully saturated rings. The summed E-state index contributed by atoms with van der Waals surface area (Å²) in [5.41, 5.74) is 0.731. The molecule has 1 aromatic carbocycles. The number of nitrogens with one attached hydrogen (secondary N) is 1. The number of carbonyl (C=O) groups is 8. The molecule has 48 heavy (non-hydrogen) atoms. The number of likely N-dealkylation sites (N-methyl/N-ethyl adjacent to an activating group) is 8. The van der Waals surface area contributed by atoms with Gasteiger partial charge in [0.25, 0.3) is 0 Å². The van der Waals surface area contributed by atoms with Crippen LogP contribution in [0.3, 0.4) is 0 Å². The van der Waals surface area contributed by atoms with Crippen molar-refractivity contribution >= 4 is 47.3 Å². The van der Waals surface area contributed by atoms with Crippen molar-refractivity contribution in [3.63, 3.8) is 0 Å². The summed E-state index contributed by atoms with van der Waals surface area (Å²) in [5, 5.41) is 12.4. The van der Waals surface area contributed by atoms with Gasteiger partial charge >= 0.3 is 5.97 Å². The molecule has 1 unspecified atom stereocenters. The predicted molar refractivity (Wildman–Crippen MR) is 174 cm³/mol. The third-order valence-electron chi connectivity index (χ3n) is 7.53. The third kappa shape index (κ3) is 13.4. The van der Waals surface area contributed by atoms with E-state index in [1.165, 1.54) is 54.2 Å². The number of nitrogens with zero attached hydrogens (tertiary/aromatic N) is 7. The van der Waals surface area contributed by atoms with Crippen LogP contribution in [0.5, 0.6) is 0 Å². The van der Waals surface area contributed by atoms with Gasteiger partial charge in [-0.3, -0.25) is 33.6 Å². The van der Waals surface area contributed by atoms with E-state index in [1.807, 2.05) is 0 Å². The summed E-state index contributed by atoms with van der Waals surface area (Å²) in [4.78, 5) is 108. The Hall–Kier alpha value is -5.06. The van der Waals surface area contributed by atoms with Crippen molar-refractivity contribution < 1.29 is 43.5 Å². The summed E-state index contributed by atoms with van der Waals surface area (Å²) in [5.74, 6) is -4.83. The lowest BCUT2D eigenvalue weighted by Gasteiger charge is -2.28. The van der Waals surface area contributed by atoms with Crippen molar-refractivity contribution in [2.24, 2.45) is 0 Å². The highest BCUT2D eigenvalue weighted by Crippen LogP contribution is 2.09. The topological polar surface area (TPSA) is 192 Å². The first kappa shape index (κ1) is 41.0. The second-order valence-electron chi connectivity index (χ2n) is 11.6. The van der Waals surface area contributed by atoms with Gasteiger partial charge in [0.2, 0.25) is 41.4 Å². The molecule has 0 spiro atoms. The molecule has 1 aromatic rings. The number of carbonyl (C=O) groups excluding carboxylic acids is 7. The van der Waals surface area contributed by atoms with Gasteiger partial charge in [-0.1, -0.05) is 30.3 Å². The van der Waals surface area contributed by atoms with Crippen molar-refractivity contribution in [1.82, 2.24) is 39.6 Å². The molecule has 266 valence electrons. The third-order valence-corrected chi connectivity index (χ3v) is 7.53. The Balaban J connectivity index is 2.60. The predicted octanol–water partition coefficient (Wildman–Crippen LogP) is -2.89. The Morgan fingerprint density at radius 1 is 0.542 bits per heavy atom. The fourth-order valence-electron chi connectivity index (χ4n) is 4.15. The Bertz CT molecular complexity index is 1330. The highest BCUT2D eigenvalue weighted by Gasteiger charge is 2.29. The van der Waals surface area contributed by atoms with Crippen LogP contribution in [0.1, 0.15) is 5.56 Å². The van der Waals surface area contributed by atoms with Crippen LogP contribution in [-0.2, 0) is 44.8 Å². The van der Waals surface area contributed by atoms with Gasteiger partial charge in [0, 0.05) is 55.8 Å². The summed E-state index contributed by atoms with van der Waals surface area (Å²) in [6.45, 7) is -2.11. The van der Waals surface area contributed by atoms with Crippen molar-refractivity contribution in [2.45, 2.75) is 12.5 Å². The minimum atomic E-state index is -1.19. The molecule has 0 aliphatic heterocycles. The van der Waals surface area contributed by atoms with Gasteiger partial charge in [-0.05, 0) is 12.6 Å². The standard InChI is InChI=1S/C31H48N8O9/c1-32-15-24(40)33(2)16-25(41)34(3)17-26(42)35(4)18-27(43)36(5)19-28(44)37(6)20-29(45)38(7)21-30(46)39(8)23(31(47)48)14-22-12-10-9-11-13-22/h9-13,23,32H,14-21H2,1-8H3,(H,47,48). The summed E-state index contributed by atoms with van der Waals surface area (Å²) in [7, 11) is 11.3. The number of aliphatic carboxylic acids is 1. The Labute approximate surface area is 281 Å². The second kappa shape index (κ2) is 19.6. The number of rotatable bonds is 18. The molecule has 0 radical (unpaired) electrons. The van der Waals surface area contributed by atoms with Gasteiger partial charge in [0.05, 0.1) is 45.8 Å². The normalized spacial score (nSPS) is 11.1. The lowest BCUT2D eigenvalue weighted by Crippen LogP contribution is -2.50. The van der Waals surface area contributed by atoms with Crippen molar-refractivity contribution in [3.8, 4) is 0 Å². The largest absolute Gasteiger partial charge is 0.480 e. The number of carboxylic acids is 1. The maximum Gasteiger partial charge on any atom is 0.326 e. The van der Waals surface area contributed by atoms with E-state index >= 15 is 0 Å². The first-order chi connectivity index (χ1) is 22.4. The molecule has 0 saturated carbocycles. The number of benzene rings is 1. The first-order valence-electron chi connectivity index (χ1n) is 15.0. The maximum absolute atomic E-state index is 12.8. The molecule has 2 N–H and O–H groups in total. The van der Waals surface area contributed by atoms with Gasteiger partial charge in [-0.25, -0.2) is 4.79 Å². The zero-order chi connectivity index (χ0) is 36.7. The van der Waals surface area contributed by atoms with E-state index in [0.29, 0.717) is 0 Å². The number of hydrogen-bond donors (Lipinski definition) is 2. The quantitative estimate of drug-likeness (QED) is 0.163. The lowest BCUT2D eigenvalue weighted by atomic mass is 10.0. The van der Waals surface area contributed by atoms with Gasteiger partial charge in [0.15, 0.2) is 0 Å². The summed E-state index contributed by atoms with van der Waals surface area (Å²) in [6, 6.07) is 7.68. The summed E-state index contributed by atoms with van der Waals surface area (Å²) < 4.78 is 0. The van der Waals surface area contributed by atoms with Crippen LogP contribution >= 0.6 is 0 Å². The van der Waals surface area contributed by atoms with E-state index in [2.05, 4.69) is 5.32 Å². The summed E-state index contributed by atoms with van der Waals surface area (Å²) in [6.07, 6.45) is 0.0820. The Kier molecular flexibility index (Phi) is 16.7. The van der Waals surface area contributed by atoms with Crippen molar-refractivity contribution in [1.29, 1.82) is 0 Å². The molecular weight excluding hydrogens is 628 g/mol. The Morgan fingerprint density at radius 3 is 1.17 bits per heavy atom. The molecule has 0 heterocycles. The summed E-state index contributed by atoms with van der Waals surface area (Å²) >= 11 is 0. The van der Waals surface area contributed by atoms with E-state index in [0.717, 1.165) is 35.0 Å². The molecule has 0 bridgehead atoms. The van der Waals surface area contributed by atoms with Gasteiger partial charge in [-0.15, -0.1) is 0 Å². The zero-order valence-corrected chi connectivity index (χ0v) is 29.0. The molecule has 0 saturated heterocycles. The fraction of sp³-hybridized carbons (Fsp3) is 0.548. The molecule has 0 aliphatic rings. The molecule has 1 atom stereocenters. The Morgan fingerprint density at radius 2 is 0.854 bits per heavy atom. The lowest BCUT2D eigenvalue weighted by molar-refractivity contribution is -0.150. The molecular formula is C31H48N8O9. The van der Waals surface area contributed by atoms with Crippen LogP contribution in [-0.4, -0.2) is 195 Å². The number of carboxylic acid groups (broad SMARTS) is 1.